The standard InChI is InChI=1S/C26H25N3O4/c1-16-13-23-24(26(32)29(16)12-11-18-8-10-21(30)22(31)14-18)19(20(15-27)25(28)33-23)9-7-17-5-3-2-4-6-17/h2-6,8,10,13-14,19,30-31H,7,9,11-12,28H2,1H3/t19-/m0/s1. The second-order valence-electron chi connectivity index (χ2n) is 8.16. The van der Waals surface area contributed by atoms with E-state index in [-0.39, 0.29) is 28.5 Å². The van der Waals surface area contributed by atoms with Gasteiger partial charge >= 0.3 is 0 Å². The number of allylic oxidation sites excluding steroid dienone is 1. The first-order chi connectivity index (χ1) is 15.9. The molecule has 4 N–H and O–H groups in total. The van der Waals surface area contributed by atoms with Crippen LogP contribution < -0.4 is 16.0 Å². The number of nitrogens with zero attached hydrogens (tertiary/aromatic N) is 2. The maximum Gasteiger partial charge on any atom is 0.258 e. The molecule has 3 aromatic rings. The van der Waals surface area contributed by atoms with Gasteiger partial charge in [-0.05, 0) is 49.4 Å². The van der Waals surface area contributed by atoms with E-state index >= 15 is 0 Å². The van der Waals surface area contributed by atoms with E-state index in [0.29, 0.717) is 42.8 Å². The highest BCUT2D eigenvalue weighted by atomic mass is 16.5. The van der Waals surface area contributed by atoms with Gasteiger partial charge in [0.1, 0.15) is 11.8 Å². The van der Waals surface area contributed by atoms with Crippen LogP contribution in [-0.4, -0.2) is 14.8 Å². The lowest BCUT2D eigenvalue weighted by Crippen LogP contribution is -2.33. The van der Waals surface area contributed by atoms with Crippen molar-refractivity contribution in [1.29, 1.82) is 5.26 Å². The number of aryl methyl sites for hydroxylation is 3. The van der Waals surface area contributed by atoms with Crippen LogP contribution in [0.15, 0.2) is 70.8 Å². The summed E-state index contributed by atoms with van der Waals surface area (Å²) < 4.78 is 7.34. The lowest BCUT2D eigenvalue weighted by atomic mass is 9.85. The minimum atomic E-state index is -0.462. The van der Waals surface area contributed by atoms with E-state index in [2.05, 4.69) is 6.07 Å². The first-order valence-corrected chi connectivity index (χ1v) is 10.8. The Balaban J connectivity index is 1.68. The molecular weight excluding hydrogens is 418 g/mol. The van der Waals surface area contributed by atoms with Gasteiger partial charge in [0.15, 0.2) is 11.5 Å². The van der Waals surface area contributed by atoms with Crippen LogP contribution in [-0.2, 0) is 19.4 Å². The highest BCUT2D eigenvalue weighted by Gasteiger charge is 2.32. The Morgan fingerprint density at radius 3 is 2.52 bits per heavy atom. The van der Waals surface area contributed by atoms with Gasteiger partial charge in [-0.25, -0.2) is 0 Å². The maximum absolute atomic E-state index is 13.6. The molecule has 0 fully saturated rings. The third-order valence-corrected chi connectivity index (χ3v) is 6.04. The molecular formula is C26H25N3O4. The summed E-state index contributed by atoms with van der Waals surface area (Å²) in [4.78, 5) is 13.6. The van der Waals surface area contributed by atoms with E-state index < -0.39 is 5.92 Å². The minimum absolute atomic E-state index is 0.0409. The van der Waals surface area contributed by atoms with Crippen molar-refractivity contribution in [3.8, 4) is 23.3 Å². The zero-order valence-electron chi connectivity index (χ0n) is 18.3. The summed E-state index contributed by atoms with van der Waals surface area (Å²) in [7, 11) is 0. The average Bonchev–Trinajstić information content (AvgIpc) is 2.80. The number of nitriles is 1. The number of pyridine rings is 1. The van der Waals surface area contributed by atoms with E-state index in [1.165, 1.54) is 12.1 Å². The highest BCUT2D eigenvalue weighted by molar-refractivity contribution is 5.49. The summed E-state index contributed by atoms with van der Waals surface area (Å²) in [6.45, 7) is 2.19. The van der Waals surface area contributed by atoms with E-state index in [9.17, 15) is 20.3 Å². The molecule has 168 valence electrons. The number of hydrogen-bond acceptors (Lipinski definition) is 6. The van der Waals surface area contributed by atoms with Crippen LogP contribution in [0.2, 0.25) is 0 Å². The number of fused-ring (bicyclic) bond motifs is 1. The molecule has 7 heteroatoms. The van der Waals surface area contributed by atoms with Crippen LogP contribution in [0.3, 0.4) is 0 Å². The van der Waals surface area contributed by atoms with Crippen molar-refractivity contribution in [2.24, 2.45) is 5.73 Å². The Labute approximate surface area is 191 Å². The molecule has 2 heterocycles. The van der Waals surface area contributed by atoms with Crippen molar-refractivity contribution < 1.29 is 14.9 Å². The predicted octanol–water partition coefficient (Wildman–Crippen LogP) is 3.61. The molecule has 0 saturated carbocycles. The predicted molar refractivity (Wildman–Crippen MR) is 124 cm³/mol. The molecule has 1 aromatic heterocycles. The first kappa shape index (κ1) is 22.0. The third-order valence-electron chi connectivity index (χ3n) is 6.04. The number of hydrogen-bond donors (Lipinski definition) is 3. The van der Waals surface area contributed by atoms with E-state index in [0.717, 1.165) is 11.1 Å². The van der Waals surface area contributed by atoms with Gasteiger partial charge in [-0.2, -0.15) is 5.26 Å². The van der Waals surface area contributed by atoms with Crippen molar-refractivity contribution in [1.82, 2.24) is 4.57 Å². The molecule has 1 aliphatic heterocycles. The van der Waals surface area contributed by atoms with Crippen LogP contribution in [0.25, 0.3) is 0 Å². The Bertz CT molecular complexity index is 1320. The Kier molecular flexibility index (Phi) is 6.09. The van der Waals surface area contributed by atoms with Crippen LogP contribution >= 0.6 is 0 Å². The van der Waals surface area contributed by atoms with E-state index in [1.807, 2.05) is 37.3 Å². The van der Waals surface area contributed by atoms with Gasteiger partial charge in [-0.1, -0.05) is 36.4 Å². The largest absolute Gasteiger partial charge is 0.504 e. The van der Waals surface area contributed by atoms with Crippen LogP contribution in [0, 0.1) is 18.3 Å². The van der Waals surface area contributed by atoms with Gasteiger partial charge in [0.2, 0.25) is 5.88 Å². The Hall–Kier alpha value is -4.18. The molecule has 7 nitrogen and oxygen atoms in total. The number of aromatic nitrogens is 1. The monoisotopic (exact) mass is 443 g/mol. The fraction of sp³-hybridized carbons (Fsp3) is 0.231. The van der Waals surface area contributed by atoms with Crippen LogP contribution in [0.1, 0.15) is 34.7 Å². The van der Waals surface area contributed by atoms with Crippen molar-refractivity contribution in [3.63, 3.8) is 0 Å². The fourth-order valence-electron chi connectivity index (χ4n) is 4.27. The van der Waals surface area contributed by atoms with Gasteiger partial charge in [0, 0.05) is 24.2 Å². The second-order valence-corrected chi connectivity index (χ2v) is 8.16. The summed E-state index contributed by atoms with van der Waals surface area (Å²) >= 11 is 0. The summed E-state index contributed by atoms with van der Waals surface area (Å²) in [5, 5.41) is 29.0. The number of nitrogens with two attached hydrogens (primary N) is 1. The van der Waals surface area contributed by atoms with Crippen LogP contribution in [0.5, 0.6) is 17.2 Å². The molecule has 4 rings (SSSR count). The van der Waals surface area contributed by atoms with Gasteiger partial charge < -0.3 is 25.3 Å². The minimum Gasteiger partial charge on any atom is -0.504 e. The number of phenols is 2. The highest BCUT2D eigenvalue weighted by Crippen LogP contribution is 2.39. The Morgan fingerprint density at radius 1 is 1.06 bits per heavy atom. The molecule has 33 heavy (non-hydrogen) atoms. The number of rotatable bonds is 6. The van der Waals surface area contributed by atoms with Crippen molar-refractivity contribution in [3.05, 3.63) is 98.8 Å². The number of ether oxygens (including phenoxy) is 1. The number of aromatic hydroxyl groups is 2. The zero-order valence-corrected chi connectivity index (χ0v) is 18.3. The smallest absolute Gasteiger partial charge is 0.258 e. The van der Waals surface area contributed by atoms with Gasteiger partial charge in [-0.3, -0.25) is 4.79 Å². The molecule has 0 unspecified atom stereocenters. The molecule has 2 aromatic carbocycles. The van der Waals surface area contributed by atoms with Gasteiger partial charge in [-0.15, -0.1) is 0 Å². The molecule has 0 aliphatic carbocycles. The summed E-state index contributed by atoms with van der Waals surface area (Å²) in [5.41, 5.74) is 9.14. The molecule has 1 atom stereocenters. The van der Waals surface area contributed by atoms with Crippen molar-refractivity contribution in [2.75, 3.05) is 0 Å². The van der Waals surface area contributed by atoms with Gasteiger partial charge in [0.05, 0.1) is 11.1 Å². The quantitative estimate of drug-likeness (QED) is 0.501. The molecule has 0 amide bonds. The zero-order chi connectivity index (χ0) is 23.5. The SMILES string of the molecule is Cc1cc2c(c(=O)n1CCc1ccc(O)c(O)c1)[C@@H](CCc1ccccc1)C(C#N)=C(N)O2. The maximum atomic E-state index is 13.6. The van der Waals surface area contributed by atoms with E-state index in [4.69, 9.17) is 10.5 Å². The lowest BCUT2D eigenvalue weighted by Gasteiger charge is -2.27. The second kappa shape index (κ2) is 9.13. The number of phenolic OH excluding ortho intramolecular Hbond substituents is 2. The number of benzene rings is 2. The first-order valence-electron chi connectivity index (χ1n) is 10.8. The Morgan fingerprint density at radius 2 is 1.82 bits per heavy atom. The van der Waals surface area contributed by atoms with E-state index in [1.54, 1.807) is 16.7 Å². The molecule has 0 saturated heterocycles. The normalized spacial score (nSPS) is 15.0. The van der Waals surface area contributed by atoms with Crippen molar-refractivity contribution in [2.45, 2.75) is 38.6 Å². The van der Waals surface area contributed by atoms with Crippen LogP contribution in [0.4, 0.5) is 0 Å². The average molecular weight is 444 g/mol. The topological polar surface area (TPSA) is 122 Å². The summed E-state index contributed by atoms with van der Waals surface area (Å²) in [5.74, 6) is -0.413. The van der Waals surface area contributed by atoms with Gasteiger partial charge in [0.25, 0.3) is 5.56 Å². The molecule has 0 spiro atoms. The summed E-state index contributed by atoms with van der Waals surface area (Å²) in [6.07, 6.45) is 1.71. The molecule has 0 radical (unpaired) electrons. The third kappa shape index (κ3) is 4.41. The molecule has 0 bridgehead atoms. The lowest BCUT2D eigenvalue weighted by molar-refractivity contribution is 0.379. The molecule has 1 aliphatic rings. The fourth-order valence-corrected chi connectivity index (χ4v) is 4.27. The van der Waals surface area contributed by atoms with Crippen molar-refractivity contribution >= 4 is 0 Å². The summed E-state index contributed by atoms with van der Waals surface area (Å²) in [6, 6.07) is 18.4.